The summed E-state index contributed by atoms with van der Waals surface area (Å²) in [5.74, 6) is 0.449. The first-order valence-electron chi connectivity index (χ1n) is 6.97. The van der Waals surface area contributed by atoms with E-state index in [9.17, 15) is 4.79 Å². The molecule has 2 rings (SSSR count). The van der Waals surface area contributed by atoms with Gasteiger partial charge in [-0.2, -0.15) is 5.10 Å². The highest BCUT2D eigenvalue weighted by molar-refractivity contribution is 5.97. The zero-order valence-corrected chi connectivity index (χ0v) is 12.0. The summed E-state index contributed by atoms with van der Waals surface area (Å²) in [6, 6.07) is 1.88. The molecular weight excluding hydrogens is 240 g/mol. The second kappa shape index (κ2) is 4.96. The van der Waals surface area contributed by atoms with Crippen molar-refractivity contribution >= 4 is 11.7 Å². The molecule has 1 heterocycles. The van der Waals surface area contributed by atoms with Gasteiger partial charge in [-0.15, -0.1) is 0 Å². The summed E-state index contributed by atoms with van der Waals surface area (Å²) in [5, 5.41) is 9.94. The Morgan fingerprint density at radius 2 is 2.00 bits per heavy atom. The van der Waals surface area contributed by atoms with Gasteiger partial charge >= 0.3 is 0 Å². The Kier molecular flexibility index (Phi) is 3.67. The summed E-state index contributed by atoms with van der Waals surface area (Å²) in [4.78, 5) is 12.3. The molecule has 0 radical (unpaired) electrons. The van der Waals surface area contributed by atoms with E-state index in [1.54, 1.807) is 0 Å². The fourth-order valence-corrected chi connectivity index (χ4v) is 2.42. The molecule has 106 valence electrons. The quantitative estimate of drug-likeness (QED) is 0.766. The van der Waals surface area contributed by atoms with Crippen molar-refractivity contribution in [3.8, 4) is 0 Å². The number of carbonyl (C=O) groups is 1. The number of aromatic amines is 1. The van der Waals surface area contributed by atoms with Gasteiger partial charge in [-0.25, -0.2) is 0 Å². The molecule has 4 N–H and O–H groups in total. The fourth-order valence-electron chi connectivity index (χ4n) is 2.42. The van der Waals surface area contributed by atoms with E-state index in [1.807, 2.05) is 6.07 Å². The van der Waals surface area contributed by atoms with Gasteiger partial charge in [0.15, 0.2) is 5.82 Å². The Bertz CT molecular complexity index is 452. The molecule has 0 aliphatic heterocycles. The number of nitrogens with zero attached hydrogens (tertiary/aromatic N) is 1. The van der Waals surface area contributed by atoms with E-state index >= 15 is 0 Å². The molecule has 1 saturated carbocycles. The molecule has 0 atom stereocenters. The smallest absolute Gasteiger partial charge is 0.245 e. The van der Waals surface area contributed by atoms with Crippen LogP contribution in [0.5, 0.6) is 0 Å². The number of amides is 1. The lowest BCUT2D eigenvalue weighted by atomic mass is 9.82. The van der Waals surface area contributed by atoms with Crippen LogP contribution in [0.4, 0.5) is 5.82 Å². The zero-order valence-electron chi connectivity index (χ0n) is 12.0. The minimum atomic E-state index is -0.723. The van der Waals surface area contributed by atoms with Crippen LogP contribution in [0.25, 0.3) is 0 Å². The molecule has 0 saturated heterocycles. The first-order valence-corrected chi connectivity index (χ1v) is 6.97. The first kappa shape index (κ1) is 14.1. The number of nitrogens with one attached hydrogen (secondary N) is 2. The molecule has 1 amide bonds. The Hall–Kier alpha value is -1.36. The highest BCUT2D eigenvalue weighted by atomic mass is 16.2. The SMILES string of the molecule is CC(C)(C)c1cc(NC(=O)C2(N)CCCCC2)n[nH]1. The van der Waals surface area contributed by atoms with Gasteiger partial charge < -0.3 is 11.1 Å². The molecule has 0 aromatic carbocycles. The predicted octanol–water partition coefficient (Wildman–Crippen LogP) is 2.31. The van der Waals surface area contributed by atoms with E-state index in [2.05, 4.69) is 36.3 Å². The number of carbonyl (C=O) groups excluding carboxylic acids is 1. The van der Waals surface area contributed by atoms with Crippen LogP contribution >= 0.6 is 0 Å². The average molecular weight is 264 g/mol. The second-order valence-corrected chi connectivity index (χ2v) is 6.59. The van der Waals surface area contributed by atoms with E-state index in [-0.39, 0.29) is 11.3 Å². The Labute approximate surface area is 114 Å². The van der Waals surface area contributed by atoms with Gasteiger partial charge in [-0.1, -0.05) is 40.0 Å². The molecule has 0 bridgehead atoms. The number of hydrogen-bond donors (Lipinski definition) is 3. The lowest BCUT2D eigenvalue weighted by Gasteiger charge is -2.31. The van der Waals surface area contributed by atoms with Crippen LogP contribution in [-0.4, -0.2) is 21.6 Å². The van der Waals surface area contributed by atoms with Gasteiger partial charge in [0.05, 0.1) is 5.54 Å². The van der Waals surface area contributed by atoms with Gasteiger partial charge in [0.1, 0.15) is 0 Å². The Morgan fingerprint density at radius 3 is 2.53 bits per heavy atom. The van der Waals surface area contributed by atoms with Crippen LogP contribution in [0.3, 0.4) is 0 Å². The third kappa shape index (κ3) is 3.15. The molecule has 19 heavy (non-hydrogen) atoms. The molecule has 1 aromatic rings. The number of rotatable bonds is 2. The lowest BCUT2D eigenvalue weighted by Crippen LogP contribution is -2.52. The van der Waals surface area contributed by atoms with E-state index < -0.39 is 5.54 Å². The summed E-state index contributed by atoms with van der Waals surface area (Å²) in [6.07, 6.45) is 4.74. The number of H-pyrrole nitrogens is 1. The standard InChI is InChI=1S/C14H24N4O/c1-13(2,3)10-9-11(18-17-10)16-12(19)14(15)7-5-4-6-8-14/h9H,4-8,15H2,1-3H3,(H2,16,17,18,19). The van der Waals surface area contributed by atoms with Crippen molar-refractivity contribution in [3.63, 3.8) is 0 Å². The van der Waals surface area contributed by atoms with Crippen LogP contribution in [0.1, 0.15) is 58.6 Å². The minimum Gasteiger partial charge on any atom is -0.317 e. The Morgan fingerprint density at radius 1 is 1.37 bits per heavy atom. The van der Waals surface area contributed by atoms with Crippen molar-refractivity contribution in [3.05, 3.63) is 11.8 Å². The summed E-state index contributed by atoms with van der Waals surface area (Å²) >= 11 is 0. The van der Waals surface area contributed by atoms with E-state index in [0.29, 0.717) is 5.82 Å². The van der Waals surface area contributed by atoms with Crippen molar-refractivity contribution in [2.24, 2.45) is 5.73 Å². The van der Waals surface area contributed by atoms with Gasteiger partial charge in [0.25, 0.3) is 0 Å². The predicted molar refractivity (Wildman–Crippen MR) is 75.9 cm³/mol. The summed E-state index contributed by atoms with van der Waals surface area (Å²) < 4.78 is 0. The summed E-state index contributed by atoms with van der Waals surface area (Å²) in [6.45, 7) is 6.28. The van der Waals surface area contributed by atoms with Crippen molar-refractivity contribution < 1.29 is 4.79 Å². The maximum Gasteiger partial charge on any atom is 0.245 e. The third-order valence-corrected chi connectivity index (χ3v) is 3.83. The third-order valence-electron chi connectivity index (χ3n) is 3.83. The number of aromatic nitrogens is 2. The Balaban J connectivity index is 2.04. The van der Waals surface area contributed by atoms with E-state index in [0.717, 1.165) is 31.4 Å². The molecule has 1 aromatic heterocycles. The van der Waals surface area contributed by atoms with Crippen molar-refractivity contribution in [2.75, 3.05) is 5.32 Å². The average Bonchev–Trinajstić information content (AvgIpc) is 2.78. The topological polar surface area (TPSA) is 83.8 Å². The largest absolute Gasteiger partial charge is 0.317 e. The zero-order chi connectivity index (χ0) is 14.1. The molecular formula is C14H24N4O. The molecule has 1 fully saturated rings. The van der Waals surface area contributed by atoms with Crippen molar-refractivity contribution in [2.45, 2.75) is 63.8 Å². The second-order valence-electron chi connectivity index (χ2n) is 6.59. The van der Waals surface area contributed by atoms with Gasteiger partial charge in [0.2, 0.25) is 5.91 Å². The molecule has 5 nitrogen and oxygen atoms in total. The van der Waals surface area contributed by atoms with Crippen LogP contribution in [-0.2, 0) is 10.2 Å². The first-order chi connectivity index (χ1) is 8.81. The van der Waals surface area contributed by atoms with Crippen molar-refractivity contribution in [1.82, 2.24) is 10.2 Å². The van der Waals surface area contributed by atoms with E-state index in [4.69, 9.17) is 5.73 Å². The molecule has 0 unspecified atom stereocenters. The maximum absolute atomic E-state index is 12.3. The summed E-state index contributed by atoms with van der Waals surface area (Å²) in [7, 11) is 0. The van der Waals surface area contributed by atoms with Crippen LogP contribution in [0.2, 0.25) is 0 Å². The fraction of sp³-hybridized carbons (Fsp3) is 0.714. The van der Waals surface area contributed by atoms with Gasteiger partial charge in [-0.3, -0.25) is 9.89 Å². The van der Waals surface area contributed by atoms with Gasteiger partial charge in [-0.05, 0) is 12.8 Å². The summed E-state index contributed by atoms with van der Waals surface area (Å²) in [5.41, 5.74) is 6.45. The monoisotopic (exact) mass is 264 g/mol. The molecule has 0 spiro atoms. The molecule has 5 heteroatoms. The highest BCUT2D eigenvalue weighted by Gasteiger charge is 2.35. The lowest BCUT2D eigenvalue weighted by molar-refractivity contribution is -0.122. The normalized spacial score (nSPS) is 19.2. The maximum atomic E-state index is 12.3. The van der Waals surface area contributed by atoms with Crippen LogP contribution in [0, 0.1) is 0 Å². The van der Waals surface area contributed by atoms with Crippen molar-refractivity contribution in [1.29, 1.82) is 0 Å². The minimum absolute atomic E-state index is 0.0127. The number of nitrogens with two attached hydrogens (primary N) is 1. The number of hydrogen-bond acceptors (Lipinski definition) is 3. The molecule has 1 aliphatic rings. The van der Waals surface area contributed by atoms with Crippen LogP contribution < -0.4 is 11.1 Å². The molecule has 1 aliphatic carbocycles. The van der Waals surface area contributed by atoms with E-state index in [1.165, 1.54) is 6.42 Å². The highest BCUT2D eigenvalue weighted by Crippen LogP contribution is 2.27. The number of anilines is 1. The van der Waals surface area contributed by atoms with Crippen LogP contribution in [0.15, 0.2) is 6.07 Å². The van der Waals surface area contributed by atoms with Gasteiger partial charge in [0, 0.05) is 17.2 Å².